The van der Waals surface area contributed by atoms with Crippen LogP contribution in [0.2, 0.25) is 0 Å². The van der Waals surface area contributed by atoms with Crippen LogP contribution in [0.4, 0.5) is 17.2 Å². The summed E-state index contributed by atoms with van der Waals surface area (Å²) in [5.41, 5.74) is 2.14. The molecule has 0 saturated heterocycles. The van der Waals surface area contributed by atoms with Gasteiger partial charge in [-0.15, -0.1) is 0 Å². The first-order valence-corrected chi connectivity index (χ1v) is 8.40. The summed E-state index contributed by atoms with van der Waals surface area (Å²) in [6.45, 7) is 0. The predicted octanol–water partition coefficient (Wildman–Crippen LogP) is 3.97. The molecule has 1 heterocycles. The van der Waals surface area contributed by atoms with Crippen molar-refractivity contribution in [2.45, 2.75) is 0 Å². The first-order chi connectivity index (χ1) is 13.6. The van der Waals surface area contributed by atoms with Crippen molar-refractivity contribution in [1.29, 1.82) is 5.26 Å². The Morgan fingerprint density at radius 2 is 1.71 bits per heavy atom. The SMILES string of the molecule is COc1cccc(OC)c1C(=O)Nc1ccc(Nc2cccc(C#N)c2)nc1. The number of nitrogens with zero attached hydrogens (tertiary/aromatic N) is 2. The highest BCUT2D eigenvalue weighted by molar-refractivity contribution is 6.08. The molecular formula is C21H18N4O3. The Hall–Kier alpha value is -4.05. The molecule has 28 heavy (non-hydrogen) atoms. The highest BCUT2D eigenvalue weighted by Crippen LogP contribution is 2.29. The highest BCUT2D eigenvalue weighted by Gasteiger charge is 2.18. The zero-order valence-electron chi connectivity index (χ0n) is 15.4. The molecule has 0 atom stereocenters. The van der Waals surface area contributed by atoms with Crippen molar-refractivity contribution in [3.63, 3.8) is 0 Å². The van der Waals surface area contributed by atoms with Gasteiger partial charge in [-0.3, -0.25) is 4.79 Å². The second-order valence-corrected chi connectivity index (χ2v) is 5.74. The molecule has 0 aliphatic heterocycles. The second kappa shape index (κ2) is 8.56. The summed E-state index contributed by atoms with van der Waals surface area (Å²) in [7, 11) is 2.99. The van der Waals surface area contributed by atoms with Crippen molar-refractivity contribution in [1.82, 2.24) is 4.98 Å². The lowest BCUT2D eigenvalue weighted by molar-refractivity contribution is 0.102. The number of anilines is 3. The monoisotopic (exact) mass is 374 g/mol. The molecule has 2 N–H and O–H groups in total. The second-order valence-electron chi connectivity index (χ2n) is 5.74. The normalized spacial score (nSPS) is 9.89. The maximum absolute atomic E-state index is 12.7. The zero-order valence-corrected chi connectivity index (χ0v) is 15.4. The van der Waals surface area contributed by atoms with Crippen LogP contribution in [0.15, 0.2) is 60.8 Å². The van der Waals surface area contributed by atoms with Gasteiger partial charge in [-0.2, -0.15) is 5.26 Å². The molecule has 0 aliphatic carbocycles. The Labute approximate surface area is 162 Å². The number of methoxy groups -OCH3 is 2. The minimum atomic E-state index is -0.362. The summed E-state index contributed by atoms with van der Waals surface area (Å²) in [5.74, 6) is 1.06. The number of amides is 1. The molecule has 7 heteroatoms. The topological polar surface area (TPSA) is 96.3 Å². The molecule has 140 valence electrons. The van der Waals surface area contributed by atoms with Crippen LogP contribution in [-0.2, 0) is 0 Å². The van der Waals surface area contributed by atoms with Crippen LogP contribution in [0.3, 0.4) is 0 Å². The van der Waals surface area contributed by atoms with E-state index in [0.29, 0.717) is 34.1 Å². The van der Waals surface area contributed by atoms with Crippen molar-refractivity contribution < 1.29 is 14.3 Å². The lowest BCUT2D eigenvalue weighted by Gasteiger charge is -2.13. The third-order valence-electron chi connectivity index (χ3n) is 3.94. The molecule has 3 rings (SSSR count). The van der Waals surface area contributed by atoms with Gasteiger partial charge < -0.3 is 20.1 Å². The number of hydrogen-bond donors (Lipinski definition) is 2. The molecule has 2 aromatic carbocycles. The van der Waals surface area contributed by atoms with Crippen molar-refractivity contribution in [2.24, 2.45) is 0 Å². The van der Waals surface area contributed by atoms with Crippen LogP contribution in [0.25, 0.3) is 0 Å². The summed E-state index contributed by atoms with van der Waals surface area (Å²) >= 11 is 0. The number of benzene rings is 2. The molecule has 0 aliphatic rings. The predicted molar refractivity (Wildman–Crippen MR) is 106 cm³/mol. The maximum atomic E-state index is 12.7. The fourth-order valence-corrected chi connectivity index (χ4v) is 2.62. The number of carbonyl (C=O) groups excluding carboxylic acids is 1. The van der Waals surface area contributed by atoms with Gasteiger partial charge in [0.1, 0.15) is 22.9 Å². The smallest absolute Gasteiger partial charge is 0.263 e. The highest BCUT2D eigenvalue weighted by atomic mass is 16.5. The molecule has 0 unspecified atom stereocenters. The van der Waals surface area contributed by atoms with Gasteiger partial charge in [0, 0.05) is 5.69 Å². The molecule has 0 radical (unpaired) electrons. The van der Waals surface area contributed by atoms with Gasteiger partial charge in [0.05, 0.1) is 37.7 Å². The number of ether oxygens (including phenoxy) is 2. The molecule has 1 amide bonds. The van der Waals surface area contributed by atoms with Crippen molar-refractivity contribution >= 4 is 23.1 Å². The summed E-state index contributed by atoms with van der Waals surface area (Å²) in [5, 5.41) is 14.9. The number of rotatable bonds is 6. The van der Waals surface area contributed by atoms with E-state index in [1.54, 1.807) is 48.5 Å². The average Bonchev–Trinajstić information content (AvgIpc) is 2.74. The van der Waals surface area contributed by atoms with Crippen LogP contribution in [-0.4, -0.2) is 25.1 Å². The molecule has 0 bridgehead atoms. The van der Waals surface area contributed by atoms with E-state index in [-0.39, 0.29) is 5.91 Å². The van der Waals surface area contributed by atoms with Gasteiger partial charge in [0.15, 0.2) is 0 Å². The number of nitrogens with one attached hydrogen (secondary N) is 2. The summed E-state index contributed by atoms with van der Waals surface area (Å²) in [6.07, 6.45) is 1.54. The van der Waals surface area contributed by atoms with E-state index < -0.39 is 0 Å². The molecule has 7 nitrogen and oxygen atoms in total. The Kier molecular flexibility index (Phi) is 5.72. The number of pyridine rings is 1. The van der Waals surface area contributed by atoms with Crippen molar-refractivity contribution in [3.8, 4) is 17.6 Å². The largest absolute Gasteiger partial charge is 0.496 e. The van der Waals surface area contributed by atoms with E-state index in [9.17, 15) is 4.79 Å². The minimum Gasteiger partial charge on any atom is -0.496 e. The van der Waals surface area contributed by atoms with E-state index in [0.717, 1.165) is 5.69 Å². The summed E-state index contributed by atoms with van der Waals surface area (Å²) < 4.78 is 10.5. The van der Waals surface area contributed by atoms with Crippen LogP contribution >= 0.6 is 0 Å². The fourth-order valence-electron chi connectivity index (χ4n) is 2.62. The Balaban J connectivity index is 1.74. The van der Waals surface area contributed by atoms with Crippen LogP contribution in [0.5, 0.6) is 11.5 Å². The third-order valence-corrected chi connectivity index (χ3v) is 3.94. The van der Waals surface area contributed by atoms with Gasteiger partial charge in [0.2, 0.25) is 0 Å². The number of nitriles is 1. The first-order valence-electron chi connectivity index (χ1n) is 8.40. The third kappa shape index (κ3) is 4.19. The van der Waals surface area contributed by atoms with Gasteiger partial charge >= 0.3 is 0 Å². The van der Waals surface area contributed by atoms with E-state index in [1.165, 1.54) is 20.4 Å². The molecule has 0 fully saturated rings. The minimum absolute atomic E-state index is 0.308. The summed E-state index contributed by atoms with van der Waals surface area (Å²) in [6, 6.07) is 17.8. The van der Waals surface area contributed by atoms with Crippen LogP contribution < -0.4 is 20.1 Å². The van der Waals surface area contributed by atoms with Crippen LogP contribution in [0.1, 0.15) is 15.9 Å². The molecule has 0 saturated carbocycles. The quantitative estimate of drug-likeness (QED) is 0.678. The van der Waals surface area contributed by atoms with E-state index in [4.69, 9.17) is 14.7 Å². The number of aromatic nitrogens is 1. The van der Waals surface area contributed by atoms with E-state index in [1.807, 2.05) is 6.07 Å². The maximum Gasteiger partial charge on any atom is 0.263 e. The fraction of sp³-hybridized carbons (Fsp3) is 0.0952. The van der Waals surface area contributed by atoms with Gasteiger partial charge in [-0.25, -0.2) is 4.98 Å². The molecule has 1 aromatic heterocycles. The number of carbonyl (C=O) groups is 1. The molecule has 3 aromatic rings. The first kappa shape index (κ1) is 18.7. The van der Waals surface area contributed by atoms with Crippen LogP contribution in [0, 0.1) is 11.3 Å². The van der Waals surface area contributed by atoms with Gasteiger partial charge in [-0.05, 0) is 42.5 Å². The van der Waals surface area contributed by atoms with Crippen molar-refractivity contribution in [2.75, 3.05) is 24.9 Å². The number of hydrogen-bond acceptors (Lipinski definition) is 6. The average molecular weight is 374 g/mol. The Bertz CT molecular complexity index is 1000. The zero-order chi connectivity index (χ0) is 19.9. The summed E-state index contributed by atoms with van der Waals surface area (Å²) in [4.78, 5) is 17.0. The van der Waals surface area contributed by atoms with Crippen molar-refractivity contribution in [3.05, 3.63) is 71.9 Å². The van der Waals surface area contributed by atoms with E-state index >= 15 is 0 Å². The van der Waals surface area contributed by atoms with Gasteiger partial charge in [0.25, 0.3) is 5.91 Å². The molecule has 0 spiro atoms. The lowest BCUT2D eigenvalue weighted by Crippen LogP contribution is -2.14. The molecular weight excluding hydrogens is 356 g/mol. The Morgan fingerprint density at radius 3 is 2.32 bits per heavy atom. The van der Waals surface area contributed by atoms with Gasteiger partial charge in [-0.1, -0.05) is 12.1 Å². The standard InChI is InChI=1S/C21H18N4O3/c1-27-17-7-4-8-18(28-2)20(17)21(26)25-16-9-10-19(23-13-16)24-15-6-3-5-14(11-15)12-22/h3-11,13H,1-2H3,(H,23,24)(H,25,26). The van der Waals surface area contributed by atoms with E-state index in [2.05, 4.69) is 21.7 Å². The lowest BCUT2D eigenvalue weighted by atomic mass is 10.1. The Morgan fingerprint density at radius 1 is 1.00 bits per heavy atom.